The van der Waals surface area contributed by atoms with Crippen molar-refractivity contribution in [3.8, 4) is 5.75 Å². The Balaban J connectivity index is 1.48. The predicted octanol–water partition coefficient (Wildman–Crippen LogP) is 3.04. The maximum Gasteiger partial charge on any atom is 0.263 e. The van der Waals surface area contributed by atoms with Crippen molar-refractivity contribution in [2.45, 2.75) is 13.0 Å². The average molecular weight is 432 g/mol. The largest absolute Gasteiger partial charge is 0.481 e. The number of benzene rings is 2. The second-order valence-electron chi connectivity index (χ2n) is 7.10. The quantitative estimate of drug-likeness (QED) is 0.729. The van der Waals surface area contributed by atoms with E-state index in [0.29, 0.717) is 16.5 Å². The first-order chi connectivity index (χ1) is 14.4. The molecule has 3 rings (SSSR count). The third kappa shape index (κ3) is 6.11. The van der Waals surface area contributed by atoms with E-state index in [1.54, 1.807) is 38.2 Å². The molecular formula is C22H26ClN3O4. The third-order valence-electron chi connectivity index (χ3n) is 4.76. The van der Waals surface area contributed by atoms with Crippen LogP contribution in [0.5, 0.6) is 5.75 Å². The molecule has 1 aliphatic heterocycles. The molecule has 1 saturated heterocycles. The fourth-order valence-electron chi connectivity index (χ4n) is 3.15. The van der Waals surface area contributed by atoms with Gasteiger partial charge in [-0.3, -0.25) is 9.59 Å². The number of amides is 2. The van der Waals surface area contributed by atoms with Crippen LogP contribution in [0.3, 0.4) is 0 Å². The van der Waals surface area contributed by atoms with E-state index < -0.39 is 6.10 Å². The van der Waals surface area contributed by atoms with E-state index in [-0.39, 0.29) is 18.4 Å². The maximum atomic E-state index is 12.5. The first kappa shape index (κ1) is 21.9. The van der Waals surface area contributed by atoms with Crippen LogP contribution in [0, 0.1) is 0 Å². The Bertz CT molecular complexity index is 852. The van der Waals surface area contributed by atoms with Gasteiger partial charge in [0.05, 0.1) is 19.8 Å². The van der Waals surface area contributed by atoms with E-state index in [2.05, 4.69) is 10.2 Å². The van der Waals surface area contributed by atoms with Gasteiger partial charge in [0.1, 0.15) is 5.75 Å². The van der Waals surface area contributed by atoms with Gasteiger partial charge in [0.25, 0.3) is 5.91 Å². The summed E-state index contributed by atoms with van der Waals surface area (Å²) in [4.78, 5) is 28.4. The number of carbonyl (C=O) groups excluding carboxylic acids is 2. The van der Waals surface area contributed by atoms with Gasteiger partial charge >= 0.3 is 0 Å². The zero-order chi connectivity index (χ0) is 21.5. The lowest BCUT2D eigenvalue weighted by atomic mass is 10.2. The molecule has 0 radical (unpaired) electrons. The molecule has 0 unspecified atom stereocenters. The molecule has 0 spiro atoms. The first-order valence-corrected chi connectivity index (χ1v) is 10.2. The molecule has 1 heterocycles. The summed E-state index contributed by atoms with van der Waals surface area (Å²) >= 11 is 5.85. The number of nitrogens with zero attached hydrogens (tertiary/aromatic N) is 2. The lowest BCUT2D eigenvalue weighted by Gasteiger charge is -2.29. The Morgan fingerprint density at radius 2 is 1.77 bits per heavy atom. The van der Waals surface area contributed by atoms with Crippen LogP contribution in [-0.4, -0.2) is 62.7 Å². The molecule has 0 bridgehead atoms. The van der Waals surface area contributed by atoms with Crippen LogP contribution in [0.4, 0.5) is 11.4 Å². The van der Waals surface area contributed by atoms with Crippen molar-refractivity contribution in [2.75, 3.05) is 50.1 Å². The van der Waals surface area contributed by atoms with Crippen LogP contribution in [0.2, 0.25) is 5.02 Å². The highest BCUT2D eigenvalue weighted by molar-refractivity contribution is 6.30. The summed E-state index contributed by atoms with van der Waals surface area (Å²) in [6, 6.07) is 14.4. The summed E-state index contributed by atoms with van der Waals surface area (Å²) in [5, 5.41) is 3.41. The van der Waals surface area contributed by atoms with Gasteiger partial charge in [0.2, 0.25) is 5.91 Å². The van der Waals surface area contributed by atoms with E-state index in [4.69, 9.17) is 21.1 Å². The minimum atomic E-state index is -0.725. The van der Waals surface area contributed by atoms with Crippen molar-refractivity contribution in [3.05, 3.63) is 53.6 Å². The van der Waals surface area contributed by atoms with Gasteiger partial charge in [0, 0.05) is 36.5 Å². The van der Waals surface area contributed by atoms with E-state index >= 15 is 0 Å². The number of anilines is 2. The summed E-state index contributed by atoms with van der Waals surface area (Å²) in [7, 11) is 1.57. The molecule has 7 nitrogen and oxygen atoms in total. The lowest BCUT2D eigenvalue weighted by molar-refractivity contribution is -0.139. The number of hydrogen-bond acceptors (Lipinski definition) is 5. The van der Waals surface area contributed by atoms with Crippen LogP contribution < -0.4 is 15.0 Å². The maximum absolute atomic E-state index is 12.5. The Morgan fingerprint density at radius 1 is 1.13 bits per heavy atom. The highest BCUT2D eigenvalue weighted by atomic mass is 35.5. The molecule has 0 aromatic heterocycles. The Kier molecular flexibility index (Phi) is 7.54. The highest BCUT2D eigenvalue weighted by Gasteiger charge is 2.21. The first-order valence-electron chi connectivity index (χ1n) is 9.82. The van der Waals surface area contributed by atoms with Crippen molar-refractivity contribution < 1.29 is 19.1 Å². The SMILES string of the molecule is C[C@H](Oc1ccc(Cl)cc1)C(=O)N(C)CC(=O)Nc1ccc(N2CCOCC2)cc1. The molecule has 1 aliphatic rings. The molecule has 1 atom stereocenters. The molecule has 0 saturated carbocycles. The number of rotatable bonds is 7. The monoisotopic (exact) mass is 431 g/mol. The molecule has 8 heteroatoms. The molecule has 0 aliphatic carbocycles. The predicted molar refractivity (Wildman–Crippen MR) is 117 cm³/mol. The average Bonchev–Trinajstić information content (AvgIpc) is 2.75. The van der Waals surface area contributed by atoms with Gasteiger partial charge in [0.15, 0.2) is 6.10 Å². The Hall–Kier alpha value is -2.77. The minimum Gasteiger partial charge on any atom is -0.481 e. The zero-order valence-electron chi connectivity index (χ0n) is 17.1. The van der Waals surface area contributed by atoms with Crippen molar-refractivity contribution >= 4 is 34.8 Å². The summed E-state index contributed by atoms with van der Waals surface area (Å²) < 4.78 is 11.0. The van der Waals surface area contributed by atoms with Gasteiger partial charge in [-0.15, -0.1) is 0 Å². The minimum absolute atomic E-state index is 0.0711. The lowest BCUT2D eigenvalue weighted by Crippen LogP contribution is -2.42. The fraction of sp³-hybridized carbons (Fsp3) is 0.364. The summed E-state index contributed by atoms with van der Waals surface area (Å²) in [6.07, 6.45) is -0.725. The second-order valence-corrected chi connectivity index (χ2v) is 7.54. The Labute approximate surface area is 181 Å². The summed E-state index contributed by atoms with van der Waals surface area (Å²) in [6.45, 7) is 4.73. The molecule has 2 aromatic carbocycles. The molecule has 1 N–H and O–H groups in total. The van der Waals surface area contributed by atoms with Crippen LogP contribution in [-0.2, 0) is 14.3 Å². The number of hydrogen-bond donors (Lipinski definition) is 1. The molecular weight excluding hydrogens is 406 g/mol. The summed E-state index contributed by atoms with van der Waals surface area (Å²) in [5.41, 5.74) is 1.78. The van der Waals surface area contributed by atoms with Crippen molar-refractivity contribution in [1.82, 2.24) is 4.90 Å². The highest BCUT2D eigenvalue weighted by Crippen LogP contribution is 2.19. The second kappa shape index (κ2) is 10.3. The standard InChI is InChI=1S/C22H26ClN3O4/c1-16(30-20-9-3-17(23)4-10-20)22(28)25(2)15-21(27)24-18-5-7-19(8-6-18)26-11-13-29-14-12-26/h3-10,16H,11-15H2,1-2H3,(H,24,27)/t16-/m0/s1. The molecule has 30 heavy (non-hydrogen) atoms. The third-order valence-corrected chi connectivity index (χ3v) is 5.01. The van der Waals surface area contributed by atoms with E-state index in [1.165, 1.54) is 4.90 Å². The topological polar surface area (TPSA) is 71.1 Å². The van der Waals surface area contributed by atoms with E-state index in [1.807, 2.05) is 24.3 Å². The van der Waals surface area contributed by atoms with Gasteiger partial charge in [-0.05, 0) is 55.5 Å². The van der Waals surface area contributed by atoms with Crippen molar-refractivity contribution in [2.24, 2.45) is 0 Å². The number of carbonyl (C=O) groups is 2. The van der Waals surface area contributed by atoms with Crippen LogP contribution >= 0.6 is 11.6 Å². The smallest absolute Gasteiger partial charge is 0.263 e. The molecule has 160 valence electrons. The fourth-order valence-corrected chi connectivity index (χ4v) is 3.28. The number of halogens is 1. The van der Waals surface area contributed by atoms with Gasteiger partial charge in [-0.2, -0.15) is 0 Å². The van der Waals surface area contributed by atoms with Crippen LogP contribution in [0.15, 0.2) is 48.5 Å². The number of nitrogens with one attached hydrogen (secondary N) is 1. The number of likely N-dealkylation sites (N-methyl/N-ethyl adjacent to an activating group) is 1. The van der Waals surface area contributed by atoms with Gasteiger partial charge in [-0.1, -0.05) is 11.6 Å². The summed E-state index contributed by atoms with van der Waals surface area (Å²) in [5.74, 6) is -0.0232. The zero-order valence-corrected chi connectivity index (χ0v) is 17.9. The Morgan fingerprint density at radius 3 is 2.40 bits per heavy atom. The van der Waals surface area contributed by atoms with E-state index in [9.17, 15) is 9.59 Å². The normalized spacial score (nSPS) is 14.7. The molecule has 2 aromatic rings. The molecule has 2 amide bonds. The van der Waals surface area contributed by atoms with Crippen LogP contribution in [0.1, 0.15) is 6.92 Å². The van der Waals surface area contributed by atoms with Gasteiger partial charge in [-0.25, -0.2) is 0 Å². The number of morpholine rings is 1. The van der Waals surface area contributed by atoms with Gasteiger partial charge < -0.3 is 24.6 Å². The molecule has 1 fully saturated rings. The van der Waals surface area contributed by atoms with Crippen molar-refractivity contribution in [3.63, 3.8) is 0 Å². The van der Waals surface area contributed by atoms with Crippen LogP contribution in [0.25, 0.3) is 0 Å². The van der Waals surface area contributed by atoms with E-state index in [0.717, 1.165) is 32.0 Å². The number of ether oxygens (including phenoxy) is 2. The van der Waals surface area contributed by atoms with Crippen molar-refractivity contribution in [1.29, 1.82) is 0 Å².